The third-order valence-electron chi connectivity index (χ3n) is 2.39. The van der Waals surface area contributed by atoms with Gasteiger partial charge in [-0.3, -0.25) is 19.3 Å². The molecule has 110 valence electrons. The van der Waals surface area contributed by atoms with Crippen LogP contribution in [0.3, 0.4) is 0 Å². The average molecular weight is 276 g/mol. The smallest absolute Gasteiger partial charge is 0.269 e. The zero-order valence-electron chi connectivity index (χ0n) is 11.1. The third-order valence-corrected chi connectivity index (χ3v) is 2.39. The largest absolute Gasteiger partial charge is 0.387 e. The van der Waals surface area contributed by atoms with Gasteiger partial charge in [0.05, 0.1) is 11.7 Å². The molecule has 0 heterocycles. The van der Waals surface area contributed by atoms with Gasteiger partial charge in [-0.2, -0.15) is 0 Å². The van der Waals surface area contributed by atoms with Gasteiger partial charge in [-0.15, -0.1) is 0 Å². The quantitative estimate of drug-likeness (QED) is 0.468. The van der Waals surface area contributed by atoms with Crippen LogP contribution in [0.25, 0.3) is 0 Å². The third kappa shape index (κ3) is 7.73. The number of hydrogen-bond donors (Lipinski definition) is 3. The van der Waals surface area contributed by atoms with Crippen LogP contribution in [0, 0.1) is 0 Å². The van der Waals surface area contributed by atoms with E-state index >= 15 is 0 Å². The predicted molar refractivity (Wildman–Crippen MR) is 63.5 cm³/mol. The van der Waals surface area contributed by atoms with E-state index in [1.54, 1.807) is 6.92 Å². The Morgan fingerprint density at radius 1 is 1.32 bits per heavy atom. The van der Waals surface area contributed by atoms with Gasteiger partial charge in [-0.25, -0.2) is 11.0 Å². The summed E-state index contributed by atoms with van der Waals surface area (Å²) in [5.74, 6) is -0.757. The lowest BCUT2D eigenvalue weighted by atomic mass is 10.4. The fourth-order valence-corrected chi connectivity index (χ4v) is 1.10. The van der Waals surface area contributed by atoms with E-state index in [4.69, 9.17) is 14.4 Å². The van der Waals surface area contributed by atoms with Crippen LogP contribution in [0.5, 0.6) is 0 Å². The highest BCUT2D eigenvalue weighted by molar-refractivity contribution is 5.76. The molecule has 1 rings (SSSR count). The van der Waals surface area contributed by atoms with Crippen molar-refractivity contribution in [2.24, 2.45) is 0 Å². The van der Waals surface area contributed by atoms with Crippen LogP contribution in [0.1, 0.15) is 26.7 Å². The number of rotatable bonds is 9. The second-order valence-electron chi connectivity index (χ2n) is 4.63. The van der Waals surface area contributed by atoms with Gasteiger partial charge in [0.1, 0.15) is 19.8 Å². The topological polar surface area (TPSA) is 106 Å². The van der Waals surface area contributed by atoms with Crippen LogP contribution >= 0.6 is 0 Å². The molecular formula is C11H20N2O6. The highest BCUT2D eigenvalue weighted by Crippen LogP contribution is 2.34. The van der Waals surface area contributed by atoms with Gasteiger partial charge in [-0.05, 0) is 19.8 Å². The van der Waals surface area contributed by atoms with E-state index in [2.05, 4.69) is 11.0 Å². The first-order valence-electron chi connectivity index (χ1n) is 6.04. The van der Waals surface area contributed by atoms with Crippen molar-refractivity contribution in [1.29, 1.82) is 0 Å². The summed E-state index contributed by atoms with van der Waals surface area (Å²) in [6.45, 7) is 3.05. The van der Waals surface area contributed by atoms with Crippen molar-refractivity contribution >= 4 is 11.8 Å². The molecule has 2 amide bonds. The van der Waals surface area contributed by atoms with E-state index in [1.807, 2.05) is 0 Å². The number of amides is 2. The standard InChI is InChI=1S/C11H20N2O6/c1-8(5-18-12-9(2)14)17-6-10(15)13-19-7-11(16)3-4-11/h8,16H,3-7H2,1-2H3,(H,12,14)(H,13,15)/t8-/m1/s1. The molecule has 8 nitrogen and oxygen atoms in total. The molecule has 0 saturated heterocycles. The molecule has 3 N–H and O–H groups in total. The van der Waals surface area contributed by atoms with Crippen LogP contribution in [0.4, 0.5) is 0 Å². The number of aliphatic hydroxyl groups is 1. The molecule has 8 heteroatoms. The van der Waals surface area contributed by atoms with Crippen LogP contribution in [0.2, 0.25) is 0 Å². The van der Waals surface area contributed by atoms with Crippen LogP contribution in [-0.2, 0) is 24.0 Å². The number of hydroxylamine groups is 2. The van der Waals surface area contributed by atoms with Gasteiger partial charge in [0, 0.05) is 6.92 Å². The highest BCUT2D eigenvalue weighted by Gasteiger charge is 2.41. The molecule has 19 heavy (non-hydrogen) atoms. The van der Waals surface area contributed by atoms with E-state index in [0.29, 0.717) is 12.8 Å². The van der Waals surface area contributed by atoms with E-state index in [0.717, 1.165) is 0 Å². The molecule has 1 fully saturated rings. The Labute approximate surface area is 111 Å². The lowest BCUT2D eigenvalue weighted by molar-refractivity contribution is -0.147. The molecule has 0 aromatic heterocycles. The maximum atomic E-state index is 11.3. The number of carbonyl (C=O) groups is 2. The Morgan fingerprint density at radius 2 is 2.00 bits per heavy atom. The summed E-state index contributed by atoms with van der Waals surface area (Å²) in [5, 5.41) is 9.44. The van der Waals surface area contributed by atoms with Crippen LogP contribution in [-0.4, -0.2) is 48.4 Å². The van der Waals surface area contributed by atoms with Crippen molar-refractivity contribution in [2.75, 3.05) is 19.8 Å². The second kappa shape index (κ2) is 7.39. The fourth-order valence-electron chi connectivity index (χ4n) is 1.10. The lowest BCUT2D eigenvalue weighted by Crippen LogP contribution is -2.34. The first-order chi connectivity index (χ1) is 8.91. The Kier molecular flexibility index (Phi) is 6.16. The normalized spacial score (nSPS) is 17.6. The molecule has 1 aliphatic carbocycles. The Balaban J connectivity index is 1.97. The summed E-state index contributed by atoms with van der Waals surface area (Å²) >= 11 is 0. The predicted octanol–water partition coefficient (Wildman–Crippen LogP) is -0.968. The maximum Gasteiger partial charge on any atom is 0.269 e. The molecule has 0 aliphatic heterocycles. The van der Waals surface area contributed by atoms with Crippen molar-refractivity contribution in [1.82, 2.24) is 11.0 Å². The minimum atomic E-state index is -0.770. The number of hydrogen-bond acceptors (Lipinski definition) is 6. The van der Waals surface area contributed by atoms with Gasteiger partial charge < -0.3 is 9.84 Å². The van der Waals surface area contributed by atoms with Crippen molar-refractivity contribution in [3.8, 4) is 0 Å². The molecule has 0 bridgehead atoms. The summed E-state index contributed by atoms with van der Waals surface area (Å²) in [5.41, 5.74) is 3.55. The molecule has 0 unspecified atom stereocenters. The summed E-state index contributed by atoms with van der Waals surface area (Å²) in [7, 11) is 0. The fraction of sp³-hybridized carbons (Fsp3) is 0.818. The van der Waals surface area contributed by atoms with Gasteiger partial charge in [0.15, 0.2) is 0 Å². The van der Waals surface area contributed by atoms with Crippen molar-refractivity contribution in [3.63, 3.8) is 0 Å². The first-order valence-corrected chi connectivity index (χ1v) is 6.04. The maximum absolute atomic E-state index is 11.3. The lowest BCUT2D eigenvalue weighted by Gasteiger charge is -2.13. The Morgan fingerprint density at radius 3 is 2.58 bits per heavy atom. The minimum Gasteiger partial charge on any atom is -0.387 e. The molecule has 1 aliphatic rings. The average Bonchev–Trinajstić information content (AvgIpc) is 3.04. The van der Waals surface area contributed by atoms with Gasteiger partial charge in [-0.1, -0.05) is 0 Å². The van der Waals surface area contributed by atoms with Crippen LogP contribution < -0.4 is 11.0 Å². The van der Waals surface area contributed by atoms with Crippen molar-refractivity contribution in [3.05, 3.63) is 0 Å². The molecular weight excluding hydrogens is 256 g/mol. The van der Waals surface area contributed by atoms with Crippen molar-refractivity contribution < 1.29 is 29.1 Å². The van der Waals surface area contributed by atoms with E-state index in [1.165, 1.54) is 6.92 Å². The monoisotopic (exact) mass is 276 g/mol. The summed E-state index contributed by atoms with van der Waals surface area (Å²) in [4.78, 5) is 31.5. The number of carbonyl (C=O) groups excluding carboxylic acids is 2. The SMILES string of the molecule is CC(=O)NOC[C@@H](C)OCC(=O)NOCC1(O)CC1. The van der Waals surface area contributed by atoms with Gasteiger partial charge in [0.25, 0.3) is 5.91 Å². The molecule has 1 saturated carbocycles. The molecule has 0 radical (unpaired) electrons. The summed E-state index contributed by atoms with van der Waals surface area (Å²) in [6, 6.07) is 0. The zero-order valence-corrected chi connectivity index (χ0v) is 11.1. The zero-order chi connectivity index (χ0) is 14.3. The highest BCUT2D eigenvalue weighted by atomic mass is 16.7. The second-order valence-corrected chi connectivity index (χ2v) is 4.63. The summed E-state index contributed by atoms with van der Waals surface area (Å²) in [6.07, 6.45) is 1.03. The Bertz CT molecular complexity index is 318. The van der Waals surface area contributed by atoms with E-state index in [-0.39, 0.29) is 31.8 Å². The molecule has 1 atom stereocenters. The van der Waals surface area contributed by atoms with Crippen molar-refractivity contribution in [2.45, 2.75) is 38.4 Å². The van der Waals surface area contributed by atoms with E-state index in [9.17, 15) is 14.7 Å². The minimum absolute atomic E-state index is 0.0833. The van der Waals surface area contributed by atoms with E-state index < -0.39 is 11.5 Å². The van der Waals surface area contributed by atoms with Gasteiger partial charge >= 0.3 is 0 Å². The number of ether oxygens (including phenoxy) is 1. The van der Waals surface area contributed by atoms with Gasteiger partial charge in [0.2, 0.25) is 5.91 Å². The molecule has 0 spiro atoms. The number of nitrogens with one attached hydrogen (secondary N) is 2. The summed E-state index contributed by atoms with van der Waals surface area (Å²) < 4.78 is 5.15. The molecule has 0 aromatic rings. The Hall–Kier alpha value is -1.22. The first kappa shape index (κ1) is 15.8. The molecule has 0 aromatic carbocycles. The van der Waals surface area contributed by atoms with Crippen LogP contribution in [0.15, 0.2) is 0 Å².